The lowest BCUT2D eigenvalue weighted by atomic mass is 10.2. The number of rotatable bonds is 6. The number of quaternary nitrogens is 1. The summed E-state index contributed by atoms with van der Waals surface area (Å²) in [6.45, 7) is 3.99. The van der Waals surface area contributed by atoms with Crippen molar-refractivity contribution in [1.29, 1.82) is 0 Å². The molecule has 1 aromatic carbocycles. The SMILES string of the molecule is CCC[NH+]1CCN(S(=O)(=O)c2ccc(C(=O)NCC(F)(F)F)cc2)CC1. The molecular formula is C16H23F3N3O3S+. The van der Waals surface area contributed by atoms with Gasteiger partial charge in [0.25, 0.3) is 5.91 Å². The minimum atomic E-state index is -4.50. The molecule has 10 heteroatoms. The van der Waals surface area contributed by atoms with Gasteiger partial charge in [0.2, 0.25) is 10.0 Å². The Kier molecular flexibility index (Phi) is 6.64. The number of halogens is 3. The summed E-state index contributed by atoms with van der Waals surface area (Å²) in [5.74, 6) is -0.900. The van der Waals surface area contributed by atoms with Gasteiger partial charge in [0, 0.05) is 5.56 Å². The summed E-state index contributed by atoms with van der Waals surface area (Å²) in [6, 6.07) is 4.95. The zero-order chi connectivity index (χ0) is 19.4. The van der Waals surface area contributed by atoms with Crippen LogP contribution in [-0.2, 0) is 10.0 Å². The van der Waals surface area contributed by atoms with E-state index in [1.807, 2.05) is 0 Å². The van der Waals surface area contributed by atoms with Gasteiger partial charge in [0.05, 0.1) is 37.6 Å². The molecule has 0 bridgehead atoms. The van der Waals surface area contributed by atoms with Gasteiger partial charge in [-0.2, -0.15) is 17.5 Å². The quantitative estimate of drug-likeness (QED) is 0.728. The number of hydrogen-bond acceptors (Lipinski definition) is 3. The number of carbonyl (C=O) groups excluding carboxylic acids is 1. The van der Waals surface area contributed by atoms with Crippen LogP contribution in [0, 0.1) is 0 Å². The monoisotopic (exact) mass is 394 g/mol. The maximum absolute atomic E-state index is 12.7. The Morgan fingerprint density at radius 3 is 2.27 bits per heavy atom. The molecule has 1 fully saturated rings. The second kappa shape index (κ2) is 8.36. The second-order valence-electron chi connectivity index (χ2n) is 6.23. The predicted molar refractivity (Wildman–Crippen MR) is 89.4 cm³/mol. The van der Waals surface area contributed by atoms with Crippen molar-refractivity contribution in [2.24, 2.45) is 0 Å². The number of nitrogens with zero attached hydrogens (tertiary/aromatic N) is 1. The van der Waals surface area contributed by atoms with Crippen LogP contribution in [0.3, 0.4) is 0 Å². The van der Waals surface area contributed by atoms with Gasteiger partial charge in [-0.15, -0.1) is 0 Å². The highest BCUT2D eigenvalue weighted by Crippen LogP contribution is 2.17. The van der Waals surface area contributed by atoms with Gasteiger partial charge in [0.15, 0.2) is 0 Å². The van der Waals surface area contributed by atoms with E-state index in [4.69, 9.17) is 0 Å². The van der Waals surface area contributed by atoms with Gasteiger partial charge in [-0.3, -0.25) is 4.79 Å². The number of amides is 1. The van der Waals surface area contributed by atoms with Crippen LogP contribution in [0.25, 0.3) is 0 Å². The van der Waals surface area contributed by atoms with Gasteiger partial charge in [-0.05, 0) is 30.7 Å². The fourth-order valence-electron chi connectivity index (χ4n) is 2.86. The lowest BCUT2D eigenvalue weighted by Gasteiger charge is -2.31. The third-order valence-corrected chi connectivity index (χ3v) is 6.15. The Bertz CT molecular complexity index is 712. The van der Waals surface area contributed by atoms with Gasteiger partial charge < -0.3 is 10.2 Å². The number of sulfonamides is 1. The molecule has 0 aromatic heterocycles. The first-order chi connectivity index (χ1) is 12.1. The van der Waals surface area contributed by atoms with Crippen molar-refractivity contribution in [3.05, 3.63) is 29.8 Å². The van der Waals surface area contributed by atoms with Crippen LogP contribution in [0.4, 0.5) is 13.2 Å². The number of benzene rings is 1. The zero-order valence-corrected chi connectivity index (χ0v) is 15.3. The van der Waals surface area contributed by atoms with Crippen molar-refractivity contribution in [1.82, 2.24) is 9.62 Å². The molecule has 1 aromatic rings. The molecule has 0 aliphatic carbocycles. The largest absolute Gasteiger partial charge is 0.405 e. The topological polar surface area (TPSA) is 70.9 Å². The van der Waals surface area contributed by atoms with Gasteiger partial charge in [-0.1, -0.05) is 6.92 Å². The highest BCUT2D eigenvalue weighted by Gasteiger charge is 2.30. The van der Waals surface area contributed by atoms with E-state index in [9.17, 15) is 26.4 Å². The van der Waals surface area contributed by atoms with E-state index in [2.05, 4.69) is 6.92 Å². The number of piperazine rings is 1. The van der Waals surface area contributed by atoms with Crippen LogP contribution >= 0.6 is 0 Å². The molecule has 2 rings (SSSR count). The van der Waals surface area contributed by atoms with Crippen molar-refractivity contribution < 1.29 is 31.3 Å². The van der Waals surface area contributed by atoms with Crippen LogP contribution in [0.2, 0.25) is 0 Å². The van der Waals surface area contributed by atoms with E-state index in [1.54, 1.807) is 5.32 Å². The smallest absolute Gasteiger partial charge is 0.343 e. The number of alkyl halides is 3. The van der Waals surface area contributed by atoms with Crippen molar-refractivity contribution >= 4 is 15.9 Å². The van der Waals surface area contributed by atoms with E-state index in [-0.39, 0.29) is 10.5 Å². The lowest BCUT2D eigenvalue weighted by Crippen LogP contribution is -3.14. The minimum Gasteiger partial charge on any atom is -0.343 e. The van der Waals surface area contributed by atoms with Crippen molar-refractivity contribution in [3.8, 4) is 0 Å². The zero-order valence-electron chi connectivity index (χ0n) is 14.5. The van der Waals surface area contributed by atoms with Crippen LogP contribution in [-0.4, -0.2) is 64.1 Å². The first kappa shape index (κ1) is 20.7. The molecule has 2 N–H and O–H groups in total. The predicted octanol–water partition coefficient (Wildman–Crippen LogP) is 0.278. The summed E-state index contributed by atoms with van der Waals surface area (Å²) in [6.07, 6.45) is -3.46. The molecule has 0 saturated carbocycles. The molecule has 26 heavy (non-hydrogen) atoms. The lowest BCUT2D eigenvalue weighted by molar-refractivity contribution is -0.903. The summed E-state index contributed by atoms with van der Waals surface area (Å²) in [5.41, 5.74) is -0.0228. The molecule has 146 valence electrons. The Hall–Kier alpha value is -1.65. The molecule has 0 spiro atoms. The summed E-state index contributed by atoms with van der Waals surface area (Å²) in [4.78, 5) is 13.1. The first-order valence-electron chi connectivity index (χ1n) is 8.42. The molecule has 1 aliphatic heterocycles. The Balaban J connectivity index is 2.02. The molecular weight excluding hydrogens is 371 g/mol. The van der Waals surface area contributed by atoms with Crippen molar-refractivity contribution in [3.63, 3.8) is 0 Å². The number of nitrogens with one attached hydrogen (secondary N) is 2. The standard InChI is InChI=1S/C16H22F3N3O3S/c1-2-7-21-8-10-22(11-9-21)26(24,25)14-5-3-13(4-6-14)15(23)20-12-16(17,18)19/h3-6H,2,7-12H2,1H3,(H,20,23)/p+1. The molecule has 1 amide bonds. The van der Waals surface area contributed by atoms with E-state index >= 15 is 0 Å². The van der Waals surface area contributed by atoms with E-state index in [0.29, 0.717) is 13.1 Å². The molecule has 0 atom stereocenters. The molecule has 6 nitrogen and oxygen atoms in total. The van der Waals surface area contributed by atoms with Gasteiger partial charge in [0.1, 0.15) is 6.54 Å². The Labute approximate surface area is 151 Å². The molecule has 1 heterocycles. The summed E-state index contributed by atoms with van der Waals surface area (Å²) >= 11 is 0. The number of hydrogen-bond donors (Lipinski definition) is 2. The third kappa shape index (κ3) is 5.42. The highest BCUT2D eigenvalue weighted by atomic mass is 32.2. The fraction of sp³-hybridized carbons (Fsp3) is 0.562. The van der Waals surface area contributed by atoms with Gasteiger partial charge in [-0.25, -0.2) is 8.42 Å². The highest BCUT2D eigenvalue weighted by molar-refractivity contribution is 7.89. The van der Waals surface area contributed by atoms with Crippen LogP contribution in [0.5, 0.6) is 0 Å². The minimum absolute atomic E-state index is 0.0228. The molecule has 0 radical (unpaired) electrons. The van der Waals surface area contributed by atoms with Crippen LogP contribution in [0.15, 0.2) is 29.2 Å². The van der Waals surface area contributed by atoms with Crippen molar-refractivity contribution in [2.75, 3.05) is 39.3 Å². The van der Waals surface area contributed by atoms with Crippen LogP contribution < -0.4 is 10.2 Å². The summed E-state index contributed by atoms with van der Waals surface area (Å²) in [7, 11) is -3.67. The normalized spacial score (nSPS) is 17.2. The van der Waals surface area contributed by atoms with Crippen LogP contribution in [0.1, 0.15) is 23.7 Å². The van der Waals surface area contributed by atoms with E-state index in [0.717, 1.165) is 26.1 Å². The fourth-order valence-corrected chi connectivity index (χ4v) is 4.30. The molecule has 1 saturated heterocycles. The second-order valence-corrected chi connectivity index (χ2v) is 8.16. The third-order valence-electron chi connectivity index (χ3n) is 4.24. The maximum Gasteiger partial charge on any atom is 0.405 e. The summed E-state index contributed by atoms with van der Waals surface area (Å²) < 4.78 is 63.1. The maximum atomic E-state index is 12.7. The van der Waals surface area contributed by atoms with Gasteiger partial charge >= 0.3 is 6.18 Å². The van der Waals surface area contributed by atoms with E-state index in [1.165, 1.54) is 33.5 Å². The molecule has 0 unspecified atom stereocenters. The number of carbonyl (C=O) groups is 1. The molecule has 1 aliphatic rings. The average Bonchev–Trinajstić information content (AvgIpc) is 2.60. The Morgan fingerprint density at radius 1 is 1.19 bits per heavy atom. The van der Waals surface area contributed by atoms with E-state index < -0.39 is 28.7 Å². The van der Waals surface area contributed by atoms with Crippen molar-refractivity contribution in [2.45, 2.75) is 24.4 Å². The Morgan fingerprint density at radius 2 is 1.77 bits per heavy atom. The average molecular weight is 394 g/mol. The first-order valence-corrected chi connectivity index (χ1v) is 9.86. The summed E-state index contributed by atoms with van der Waals surface area (Å²) in [5, 5.41) is 1.75.